The molecule has 26 heavy (non-hydrogen) atoms. The van der Waals surface area contributed by atoms with Gasteiger partial charge in [-0.2, -0.15) is 0 Å². The molecule has 2 heterocycles. The Bertz CT molecular complexity index is 790. The number of benzene rings is 1. The third kappa shape index (κ3) is 4.49. The van der Waals surface area contributed by atoms with Crippen molar-refractivity contribution in [1.82, 2.24) is 9.88 Å². The van der Waals surface area contributed by atoms with Crippen molar-refractivity contribution >= 4 is 28.8 Å². The predicted molar refractivity (Wildman–Crippen MR) is 105 cm³/mol. The highest BCUT2D eigenvalue weighted by Crippen LogP contribution is 2.25. The minimum Gasteiger partial charge on any atom is -0.342 e. The van der Waals surface area contributed by atoms with Gasteiger partial charge in [-0.25, -0.2) is 4.98 Å². The molecule has 0 bridgehead atoms. The van der Waals surface area contributed by atoms with Gasteiger partial charge in [-0.3, -0.25) is 9.59 Å². The fourth-order valence-electron chi connectivity index (χ4n) is 2.77. The lowest BCUT2D eigenvalue weighted by Gasteiger charge is -2.17. The normalized spacial score (nSPS) is 14.7. The summed E-state index contributed by atoms with van der Waals surface area (Å²) in [5.74, 6) is 0.257. The molecule has 1 fully saturated rings. The van der Waals surface area contributed by atoms with Gasteiger partial charge in [0.05, 0.1) is 10.7 Å². The second kappa shape index (κ2) is 7.58. The zero-order valence-electron chi connectivity index (χ0n) is 15.5. The molecule has 1 N–H and O–H groups in total. The Labute approximate surface area is 158 Å². The van der Waals surface area contributed by atoms with Crippen LogP contribution in [0.5, 0.6) is 0 Å². The number of likely N-dealkylation sites (tertiary alicyclic amines) is 1. The first-order valence-corrected chi connectivity index (χ1v) is 9.85. The summed E-state index contributed by atoms with van der Waals surface area (Å²) in [6, 6.07) is 7.75. The van der Waals surface area contributed by atoms with Crippen LogP contribution < -0.4 is 5.32 Å². The number of hydrogen-bond donors (Lipinski definition) is 1. The van der Waals surface area contributed by atoms with Gasteiger partial charge in [0.15, 0.2) is 0 Å². The summed E-state index contributed by atoms with van der Waals surface area (Å²) < 4.78 is 0. The molecule has 6 heteroatoms. The summed E-state index contributed by atoms with van der Waals surface area (Å²) in [6.45, 7) is 7.30. The Morgan fingerprint density at radius 3 is 2.62 bits per heavy atom. The molecule has 0 atom stereocenters. The standard InChI is InChI=1S/C20H25N3O2S/c1-20(2,3)19(25)21-15-8-6-14(7-9-15)16-13-26-17(22-16)10-12-23-11-4-5-18(23)24/h6-9,13H,4-5,10-12H2,1-3H3,(H,21,25). The maximum atomic E-state index is 12.0. The Hall–Kier alpha value is -2.21. The smallest absolute Gasteiger partial charge is 0.229 e. The fraction of sp³-hybridized carbons (Fsp3) is 0.450. The number of carbonyl (C=O) groups is 2. The molecule has 0 aliphatic carbocycles. The SMILES string of the molecule is CC(C)(C)C(=O)Nc1ccc(-c2csc(CCN3CCCC3=O)n2)cc1. The van der Waals surface area contributed by atoms with E-state index in [-0.39, 0.29) is 11.8 Å². The van der Waals surface area contributed by atoms with Gasteiger partial charge >= 0.3 is 0 Å². The van der Waals surface area contributed by atoms with Gasteiger partial charge in [0.25, 0.3) is 0 Å². The number of thiazole rings is 1. The quantitative estimate of drug-likeness (QED) is 0.865. The molecule has 2 amide bonds. The lowest BCUT2D eigenvalue weighted by atomic mass is 9.95. The van der Waals surface area contributed by atoms with Crippen LogP contribution in [0.3, 0.4) is 0 Å². The van der Waals surface area contributed by atoms with Crippen LogP contribution in [-0.2, 0) is 16.0 Å². The first kappa shape index (κ1) is 18.6. The van der Waals surface area contributed by atoms with E-state index >= 15 is 0 Å². The number of nitrogens with one attached hydrogen (secondary N) is 1. The van der Waals surface area contributed by atoms with Gasteiger partial charge in [0.1, 0.15) is 0 Å². The maximum Gasteiger partial charge on any atom is 0.229 e. The summed E-state index contributed by atoms with van der Waals surface area (Å²) >= 11 is 1.63. The van der Waals surface area contributed by atoms with Crippen molar-refractivity contribution in [2.45, 2.75) is 40.0 Å². The summed E-state index contributed by atoms with van der Waals surface area (Å²) in [5.41, 5.74) is 2.33. The van der Waals surface area contributed by atoms with Crippen molar-refractivity contribution in [3.05, 3.63) is 34.7 Å². The molecule has 5 nitrogen and oxygen atoms in total. The third-order valence-electron chi connectivity index (χ3n) is 4.44. The zero-order valence-corrected chi connectivity index (χ0v) is 16.4. The predicted octanol–water partition coefficient (Wildman–Crippen LogP) is 3.96. The van der Waals surface area contributed by atoms with Crippen LogP contribution in [0, 0.1) is 5.41 Å². The van der Waals surface area contributed by atoms with Crippen molar-refractivity contribution in [3.8, 4) is 11.3 Å². The molecule has 3 rings (SSSR count). The average molecular weight is 372 g/mol. The van der Waals surface area contributed by atoms with Gasteiger partial charge in [0.2, 0.25) is 11.8 Å². The van der Waals surface area contributed by atoms with Gasteiger partial charge in [-0.15, -0.1) is 11.3 Å². The lowest BCUT2D eigenvalue weighted by Crippen LogP contribution is -2.27. The molecule has 1 aromatic heterocycles. The van der Waals surface area contributed by atoms with Crippen LogP contribution >= 0.6 is 11.3 Å². The van der Waals surface area contributed by atoms with Crippen LogP contribution in [0.25, 0.3) is 11.3 Å². The van der Waals surface area contributed by atoms with E-state index in [1.165, 1.54) is 0 Å². The van der Waals surface area contributed by atoms with Crippen molar-refractivity contribution in [1.29, 1.82) is 0 Å². The van der Waals surface area contributed by atoms with E-state index in [4.69, 9.17) is 0 Å². The molecule has 0 saturated carbocycles. The summed E-state index contributed by atoms with van der Waals surface area (Å²) in [7, 11) is 0. The molecular formula is C20H25N3O2S. The van der Waals surface area contributed by atoms with Crippen molar-refractivity contribution in [3.63, 3.8) is 0 Å². The van der Waals surface area contributed by atoms with E-state index in [1.807, 2.05) is 55.3 Å². The van der Waals surface area contributed by atoms with Gasteiger partial charge < -0.3 is 10.2 Å². The first-order valence-electron chi connectivity index (χ1n) is 8.97. The first-order chi connectivity index (χ1) is 12.3. The molecule has 0 unspecified atom stereocenters. The van der Waals surface area contributed by atoms with E-state index in [9.17, 15) is 9.59 Å². The number of amides is 2. The van der Waals surface area contributed by atoms with Crippen molar-refractivity contribution in [2.75, 3.05) is 18.4 Å². The molecule has 1 aliphatic heterocycles. The van der Waals surface area contributed by atoms with Gasteiger partial charge in [-0.05, 0) is 18.6 Å². The van der Waals surface area contributed by atoms with Gasteiger partial charge in [0, 0.05) is 48.0 Å². The second-order valence-corrected chi connectivity index (χ2v) is 8.58. The number of nitrogens with zero attached hydrogens (tertiary/aromatic N) is 2. The Morgan fingerprint density at radius 1 is 1.27 bits per heavy atom. The van der Waals surface area contributed by atoms with Crippen LogP contribution in [0.15, 0.2) is 29.6 Å². The van der Waals surface area contributed by atoms with Gasteiger partial charge in [-0.1, -0.05) is 32.9 Å². The molecule has 1 saturated heterocycles. The molecule has 1 aliphatic rings. The second-order valence-electron chi connectivity index (χ2n) is 7.64. The minimum atomic E-state index is -0.417. The van der Waals surface area contributed by atoms with Crippen LogP contribution in [-0.4, -0.2) is 34.8 Å². The van der Waals surface area contributed by atoms with Crippen LogP contribution in [0.4, 0.5) is 5.69 Å². The third-order valence-corrected chi connectivity index (χ3v) is 5.35. The fourth-order valence-corrected chi connectivity index (χ4v) is 3.57. The van der Waals surface area contributed by atoms with E-state index in [2.05, 4.69) is 10.3 Å². The number of aromatic nitrogens is 1. The molecule has 2 aromatic rings. The van der Waals surface area contributed by atoms with Crippen LogP contribution in [0.1, 0.15) is 38.6 Å². The topological polar surface area (TPSA) is 62.3 Å². The number of anilines is 1. The Kier molecular flexibility index (Phi) is 5.41. The molecule has 0 spiro atoms. The maximum absolute atomic E-state index is 12.0. The number of hydrogen-bond acceptors (Lipinski definition) is 4. The molecular weight excluding hydrogens is 346 g/mol. The highest BCUT2D eigenvalue weighted by atomic mass is 32.1. The minimum absolute atomic E-state index is 0.00217. The van der Waals surface area contributed by atoms with E-state index in [0.717, 1.165) is 47.9 Å². The van der Waals surface area contributed by atoms with E-state index < -0.39 is 5.41 Å². The van der Waals surface area contributed by atoms with Crippen molar-refractivity contribution < 1.29 is 9.59 Å². The Morgan fingerprint density at radius 2 is 2.00 bits per heavy atom. The molecule has 1 aromatic carbocycles. The Balaban J connectivity index is 1.60. The highest BCUT2D eigenvalue weighted by Gasteiger charge is 2.21. The number of rotatable bonds is 5. The number of carbonyl (C=O) groups excluding carboxylic acids is 2. The summed E-state index contributed by atoms with van der Waals surface area (Å²) in [5, 5.41) is 6.02. The largest absolute Gasteiger partial charge is 0.342 e. The molecule has 0 radical (unpaired) electrons. The summed E-state index contributed by atoms with van der Waals surface area (Å²) in [6.07, 6.45) is 2.46. The zero-order chi connectivity index (χ0) is 18.7. The van der Waals surface area contributed by atoms with Crippen LogP contribution in [0.2, 0.25) is 0 Å². The van der Waals surface area contributed by atoms with E-state index in [1.54, 1.807) is 11.3 Å². The monoisotopic (exact) mass is 371 g/mol. The average Bonchev–Trinajstić information content (AvgIpc) is 3.22. The summed E-state index contributed by atoms with van der Waals surface area (Å²) in [4.78, 5) is 30.3. The van der Waals surface area contributed by atoms with E-state index in [0.29, 0.717) is 6.42 Å². The highest BCUT2D eigenvalue weighted by molar-refractivity contribution is 7.09. The molecule has 138 valence electrons. The van der Waals surface area contributed by atoms with Crippen molar-refractivity contribution in [2.24, 2.45) is 5.41 Å². The lowest BCUT2D eigenvalue weighted by molar-refractivity contribution is -0.127.